The number of thioether (sulfide) groups is 1. The Morgan fingerprint density at radius 2 is 1.52 bits per heavy atom. The molecule has 0 spiro atoms. The van der Waals surface area contributed by atoms with Crippen molar-refractivity contribution in [2.75, 3.05) is 17.6 Å². The van der Waals surface area contributed by atoms with Crippen LogP contribution in [0.15, 0.2) is 103 Å². The molecule has 1 aliphatic rings. The van der Waals surface area contributed by atoms with Crippen LogP contribution in [0.3, 0.4) is 0 Å². The third-order valence-electron chi connectivity index (χ3n) is 6.65. The Labute approximate surface area is 242 Å². The van der Waals surface area contributed by atoms with Crippen LogP contribution < -0.4 is 10.6 Å². The van der Waals surface area contributed by atoms with Crippen LogP contribution in [0.4, 0.5) is 5.69 Å². The number of anilines is 1. The van der Waals surface area contributed by atoms with Crippen LogP contribution in [0.5, 0.6) is 0 Å². The van der Waals surface area contributed by atoms with E-state index in [1.807, 2.05) is 71.6 Å². The largest absolute Gasteiger partial charge is 0.352 e. The first kappa shape index (κ1) is 27.5. The maximum absolute atomic E-state index is 13.1. The fourth-order valence-corrected chi connectivity index (χ4v) is 5.85. The summed E-state index contributed by atoms with van der Waals surface area (Å²) in [5, 5.41) is 6.33. The molecule has 0 radical (unpaired) electrons. The van der Waals surface area contributed by atoms with E-state index in [2.05, 4.69) is 10.6 Å². The van der Waals surface area contributed by atoms with Gasteiger partial charge in [0, 0.05) is 23.7 Å². The van der Waals surface area contributed by atoms with Crippen LogP contribution in [-0.4, -0.2) is 34.9 Å². The first-order valence-corrected chi connectivity index (χ1v) is 14.4. The minimum absolute atomic E-state index is 0.0745. The zero-order valence-corrected chi connectivity index (χ0v) is 23.3. The second-order valence-electron chi connectivity index (χ2n) is 9.42. The highest BCUT2D eigenvalue weighted by molar-refractivity contribution is 8.00. The van der Waals surface area contributed by atoms with Gasteiger partial charge in [0.15, 0.2) is 0 Å². The van der Waals surface area contributed by atoms with Gasteiger partial charge in [-0.15, -0.1) is 11.8 Å². The molecule has 40 heavy (non-hydrogen) atoms. The van der Waals surface area contributed by atoms with E-state index in [0.717, 1.165) is 23.1 Å². The van der Waals surface area contributed by atoms with Crippen molar-refractivity contribution >= 4 is 46.8 Å². The third-order valence-corrected chi connectivity index (χ3v) is 8.16. The Balaban J connectivity index is 1.22. The van der Waals surface area contributed by atoms with Crippen LogP contribution >= 0.6 is 23.4 Å². The number of hydrogen-bond acceptors (Lipinski definition) is 4. The molecule has 4 aromatic carbocycles. The summed E-state index contributed by atoms with van der Waals surface area (Å²) in [5.74, 6) is -0.0782. The molecule has 6 nitrogen and oxygen atoms in total. The molecule has 5 rings (SSSR count). The molecule has 1 fully saturated rings. The van der Waals surface area contributed by atoms with Gasteiger partial charge in [-0.1, -0.05) is 78.3 Å². The van der Waals surface area contributed by atoms with E-state index < -0.39 is 0 Å². The van der Waals surface area contributed by atoms with Crippen LogP contribution in [0, 0.1) is 0 Å². The molecule has 0 unspecified atom stereocenters. The number of nitrogens with zero attached hydrogens (tertiary/aromatic N) is 1. The number of amides is 3. The lowest BCUT2D eigenvalue weighted by molar-refractivity contribution is -0.128. The average Bonchev–Trinajstić information content (AvgIpc) is 3.34. The molecule has 1 aliphatic heterocycles. The van der Waals surface area contributed by atoms with E-state index in [4.69, 9.17) is 11.6 Å². The molecule has 8 heteroatoms. The molecule has 1 atom stereocenters. The van der Waals surface area contributed by atoms with E-state index in [9.17, 15) is 14.4 Å². The lowest BCUT2D eigenvalue weighted by atomic mass is 10.1. The molecular formula is C32H28ClN3O3S. The number of hydrogen-bond donors (Lipinski definition) is 2. The highest BCUT2D eigenvalue weighted by atomic mass is 35.5. The summed E-state index contributed by atoms with van der Waals surface area (Å²) in [7, 11) is 0. The van der Waals surface area contributed by atoms with Crippen molar-refractivity contribution in [1.82, 2.24) is 10.2 Å². The number of nitrogens with one attached hydrogen (secondary N) is 2. The van der Waals surface area contributed by atoms with Crippen molar-refractivity contribution in [3.05, 3.63) is 136 Å². The summed E-state index contributed by atoms with van der Waals surface area (Å²) < 4.78 is 0. The molecule has 0 saturated carbocycles. The maximum Gasteiger partial charge on any atom is 0.255 e. The van der Waals surface area contributed by atoms with Gasteiger partial charge in [0.1, 0.15) is 5.37 Å². The Hall–Kier alpha value is -4.07. The van der Waals surface area contributed by atoms with Gasteiger partial charge in [-0.2, -0.15) is 0 Å². The molecule has 202 valence electrons. The molecule has 1 heterocycles. The Kier molecular flexibility index (Phi) is 8.84. The van der Waals surface area contributed by atoms with Crippen molar-refractivity contribution in [2.45, 2.75) is 18.3 Å². The van der Waals surface area contributed by atoms with Gasteiger partial charge in [-0.25, -0.2) is 0 Å². The second kappa shape index (κ2) is 12.9. The smallest absolute Gasteiger partial charge is 0.255 e. The minimum atomic E-state index is -0.316. The molecule has 0 bridgehead atoms. The fraction of sp³-hybridized carbons (Fsp3) is 0.156. The highest BCUT2D eigenvalue weighted by Gasteiger charge is 2.32. The van der Waals surface area contributed by atoms with Crippen LogP contribution in [-0.2, 0) is 17.8 Å². The van der Waals surface area contributed by atoms with Gasteiger partial charge in [0.25, 0.3) is 11.8 Å². The number of halogens is 1. The van der Waals surface area contributed by atoms with Crippen molar-refractivity contribution in [2.24, 2.45) is 0 Å². The summed E-state index contributed by atoms with van der Waals surface area (Å²) in [4.78, 5) is 40.4. The van der Waals surface area contributed by atoms with Gasteiger partial charge < -0.3 is 15.5 Å². The molecule has 3 amide bonds. The van der Waals surface area contributed by atoms with E-state index in [1.54, 1.807) is 48.2 Å². The number of carbonyl (C=O) groups excluding carboxylic acids is 3. The topological polar surface area (TPSA) is 78.5 Å². The number of benzene rings is 4. The van der Waals surface area contributed by atoms with Crippen LogP contribution in [0.25, 0.3) is 0 Å². The van der Waals surface area contributed by atoms with Gasteiger partial charge >= 0.3 is 0 Å². The average molecular weight is 570 g/mol. The normalized spacial score (nSPS) is 14.7. The summed E-state index contributed by atoms with van der Waals surface area (Å²) in [6, 6.07) is 31.6. The van der Waals surface area contributed by atoms with E-state index >= 15 is 0 Å². The summed E-state index contributed by atoms with van der Waals surface area (Å²) >= 11 is 7.57. The SMILES string of the molecule is O=C(Nc1ccccc1C(=O)NCCc1ccccc1)c1ccc([C@@H]2SCC(=O)N2Cc2ccc(Cl)cc2)cc1. The highest BCUT2D eigenvalue weighted by Crippen LogP contribution is 2.39. The monoisotopic (exact) mass is 569 g/mol. The minimum Gasteiger partial charge on any atom is -0.352 e. The molecule has 0 aromatic heterocycles. The standard InChI is InChI=1S/C32H28ClN3O3S/c33-26-16-10-23(11-17-26)20-36-29(37)21-40-32(36)25-14-12-24(13-15-25)30(38)35-28-9-5-4-8-27(28)31(39)34-19-18-22-6-2-1-3-7-22/h1-17,32H,18-21H2,(H,34,39)(H,35,38)/t32-/m0/s1. The van der Waals surface area contributed by atoms with E-state index in [-0.39, 0.29) is 23.1 Å². The quantitative estimate of drug-likeness (QED) is 0.247. The van der Waals surface area contributed by atoms with Gasteiger partial charge in [-0.3, -0.25) is 14.4 Å². The first-order valence-electron chi connectivity index (χ1n) is 13.0. The zero-order valence-electron chi connectivity index (χ0n) is 21.7. The lowest BCUT2D eigenvalue weighted by Gasteiger charge is -2.24. The molecule has 2 N–H and O–H groups in total. The first-order chi connectivity index (χ1) is 19.5. The number of para-hydroxylation sites is 1. The Morgan fingerprint density at radius 1 is 0.825 bits per heavy atom. The number of rotatable bonds is 9. The predicted octanol–water partition coefficient (Wildman–Crippen LogP) is 6.34. The summed E-state index contributed by atoms with van der Waals surface area (Å²) in [6.45, 7) is 0.976. The predicted molar refractivity (Wildman–Crippen MR) is 161 cm³/mol. The van der Waals surface area contributed by atoms with Crippen LogP contribution in [0.1, 0.15) is 42.8 Å². The summed E-state index contributed by atoms with van der Waals surface area (Å²) in [5.41, 5.74) is 4.39. The molecular weight excluding hydrogens is 542 g/mol. The van der Waals surface area contributed by atoms with E-state index in [1.165, 1.54) is 0 Å². The van der Waals surface area contributed by atoms with Crippen molar-refractivity contribution in [1.29, 1.82) is 0 Å². The Morgan fingerprint density at radius 3 is 2.27 bits per heavy atom. The van der Waals surface area contributed by atoms with Crippen molar-refractivity contribution in [3.8, 4) is 0 Å². The molecule has 4 aromatic rings. The van der Waals surface area contributed by atoms with E-state index in [0.29, 0.717) is 40.7 Å². The Bertz CT molecular complexity index is 1490. The second-order valence-corrected chi connectivity index (χ2v) is 10.9. The van der Waals surface area contributed by atoms with Gasteiger partial charge in [0.05, 0.1) is 17.0 Å². The maximum atomic E-state index is 13.1. The van der Waals surface area contributed by atoms with Crippen LogP contribution in [0.2, 0.25) is 5.02 Å². The summed E-state index contributed by atoms with van der Waals surface area (Å²) in [6.07, 6.45) is 0.718. The lowest BCUT2D eigenvalue weighted by Crippen LogP contribution is -2.27. The van der Waals surface area contributed by atoms with Gasteiger partial charge in [-0.05, 0) is 59.5 Å². The zero-order chi connectivity index (χ0) is 27.9. The molecule has 0 aliphatic carbocycles. The fourth-order valence-electron chi connectivity index (χ4n) is 4.53. The number of carbonyl (C=O) groups is 3. The van der Waals surface area contributed by atoms with Gasteiger partial charge in [0.2, 0.25) is 5.91 Å². The molecule has 1 saturated heterocycles. The van der Waals surface area contributed by atoms with Crippen molar-refractivity contribution in [3.63, 3.8) is 0 Å². The third kappa shape index (κ3) is 6.73. The van der Waals surface area contributed by atoms with Crippen molar-refractivity contribution < 1.29 is 14.4 Å².